The van der Waals surface area contributed by atoms with Crippen molar-refractivity contribution in [3.8, 4) is 5.75 Å². The van der Waals surface area contributed by atoms with Crippen LogP contribution in [0, 0.1) is 18.7 Å². The number of halogens is 2. The van der Waals surface area contributed by atoms with Crippen LogP contribution in [0.4, 0.5) is 4.39 Å². The maximum atomic E-state index is 13.8. The third kappa shape index (κ3) is 3.89. The quantitative estimate of drug-likeness (QED) is 0.664. The van der Waals surface area contributed by atoms with E-state index >= 15 is 0 Å². The number of H-pyrrole nitrogens is 1. The first-order chi connectivity index (χ1) is 13.7. The second-order valence-corrected chi connectivity index (χ2v) is 9.70. The molecule has 1 aliphatic rings. The highest BCUT2D eigenvalue weighted by Gasteiger charge is 2.33. The Kier molecular flexibility index (Phi) is 5.12. The molecular weight excluding hydrogens is 415 g/mol. The van der Waals surface area contributed by atoms with E-state index in [4.69, 9.17) is 16.3 Å². The first-order valence-electron chi connectivity index (χ1n) is 9.16. The lowest BCUT2D eigenvalue weighted by atomic mass is 9.80. The van der Waals surface area contributed by atoms with Crippen LogP contribution in [-0.2, 0) is 16.3 Å². The minimum absolute atomic E-state index is 0.0104. The summed E-state index contributed by atoms with van der Waals surface area (Å²) in [5.74, 6) is 0.456. The number of imidazole rings is 1. The lowest BCUT2D eigenvalue weighted by Crippen LogP contribution is -2.28. The van der Waals surface area contributed by atoms with Gasteiger partial charge < -0.3 is 9.72 Å². The maximum absolute atomic E-state index is 13.8. The van der Waals surface area contributed by atoms with E-state index in [0.717, 1.165) is 23.1 Å². The minimum atomic E-state index is -3.48. The summed E-state index contributed by atoms with van der Waals surface area (Å²) in [5.41, 5.74) is 2.28. The second-order valence-electron chi connectivity index (χ2n) is 7.36. The van der Waals surface area contributed by atoms with Crippen LogP contribution in [0.15, 0.2) is 47.5 Å². The van der Waals surface area contributed by atoms with Gasteiger partial charge in [-0.1, -0.05) is 35.9 Å². The molecule has 4 rings (SSSR count). The molecule has 0 saturated carbocycles. The summed E-state index contributed by atoms with van der Waals surface area (Å²) in [6.45, 7) is 2.10. The summed E-state index contributed by atoms with van der Waals surface area (Å²) in [4.78, 5) is 7.53. The molecule has 152 valence electrons. The van der Waals surface area contributed by atoms with Crippen molar-refractivity contribution < 1.29 is 17.5 Å². The Labute approximate surface area is 173 Å². The molecule has 8 heteroatoms. The SMILES string of the molecule is Cc1[nH]c(C(c2ccc(F)c(Cl)c2)[C@H]2COc3ccccc3C2)nc1S(C)(=O)=O. The molecule has 1 aromatic heterocycles. The molecule has 0 amide bonds. The van der Waals surface area contributed by atoms with E-state index in [1.807, 2.05) is 24.3 Å². The number of nitrogens with zero attached hydrogens (tertiary/aromatic N) is 1. The van der Waals surface area contributed by atoms with Crippen LogP contribution >= 0.6 is 11.6 Å². The fourth-order valence-electron chi connectivity index (χ4n) is 3.90. The van der Waals surface area contributed by atoms with Crippen molar-refractivity contribution in [1.29, 1.82) is 0 Å². The topological polar surface area (TPSA) is 72.0 Å². The average molecular weight is 435 g/mol. The average Bonchev–Trinajstić information content (AvgIpc) is 3.06. The fourth-order valence-corrected chi connectivity index (χ4v) is 4.96. The Morgan fingerprint density at radius 2 is 2.03 bits per heavy atom. The Bertz CT molecular complexity index is 1180. The van der Waals surface area contributed by atoms with Gasteiger partial charge in [-0.2, -0.15) is 0 Å². The summed E-state index contributed by atoms with van der Waals surface area (Å²) in [5, 5.41) is 0.0269. The lowest BCUT2D eigenvalue weighted by molar-refractivity contribution is 0.206. The molecular formula is C21H20ClFN2O3S. The molecule has 0 radical (unpaired) electrons. The number of aryl methyl sites for hydroxylation is 1. The highest BCUT2D eigenvalue weighted by Crippen LogP contribution is 2.39. The van der Waals surface area contributed by atoms with Crippen LogP contribution < -0.4 is 4.74 Å². The summed E-state index contributed by atoms with van der Waals surface area (Å²) >= 11 is 6.04. The predicted octanol–water partition coefficient (Wildman–Crippen LogP) is 4.30. The molecule has 1 aliphatic heterocycles. The van der Waals surface area contributed by atoms with Crippen molar-refractivity contribution >= 4 is 21.4 Å². The van der Waals surface area contributed by atoms with Crippen LogP contribution in [0.1, 0.15) is 28.6 Å². The van der Waals surface area contributed by atoms with Crippen molar-refractivity contribution in [1.82, 2.24) is 9.97 Å². The lowest BCUT2D eigenvalue weighted by Gasteiger charge is -2.31. The van der Waals surface area contributed by atoms with Gasteiger partial charge in [0, 0.05) is 18.1 Å². The van der Waals surface area contributed by atoms with E-state index in [1.165, 1.54) is 6.07 Å². The van der Waals surface area contributed by atoms with Gasteiger partial charge in [0.25, 0.3) is 0 Å². The molecule has 0 saturated heterocycles. The Hall–Kier alpha value is -2.38. The summed E-state index contributed by atoms with van der Waals surface area (Å²) < 4.78 is 43.9. The second kappa shape index (κ2) is 7.46. The van der Waals surface area contributed by atoms with Crippen LogP contribution in [0.3, 0.4) is 0 Å². The Balaban J connectivity index is 1.81. The normalized spacial score (nSPS) is 17.4. The molecule has 0 aliphatic carbocycles. The zero-order chi connectivity index (χ0) is 20.8. The first-order valence-corrected chi connectivity index (χ1v) is 11.4. The zero-order valence-electron chi connectivity index (χ0n) is 15.9. The summed E-state index contributed by atoms with van der Waals surface area (Å²) in [6.07, 6.45) is 1.84. The largest absolute Gasteiger partial charge is 0.493 e. The predicted molar refractivity (Wildman–Crippen MR) is 109 cm³/mol. The number of rotatable bonds is 4. The van der Waals surface area contributed by atoms with E-state index in [2.05, 4.69) is 9.97 Å². The van der Waals surface area contributed by atoms with E-state index in [1.54, 1.807) is 19.1 Å². The standard InChI is InChI=1S/C21H20ClFN2O3S/c1-12-21(29(2,26)27)25-20(24-12)19(14-7-8-17(23)16(22)10-14)15-9-13-5-3-4-6-18(13)28-11-15/h3-8,10,15,19H,9,11H2,1-2H3,(H,24,25)/t15-,19?/m1/s1. The number of benzene rings is 2. The van der Waals surface area contributed by atoms with Gasteiger partial charge in [-0.3, -0.25) is 0 Å². The third-order valence-corrected chi connectivity index (χ3v) is 6.58. The number of ether oxygens (including phenoxy) is 1. The van der Waals surface area contributed by atoms with Gasteiger partial charge in [0.05, 0.1) is 17.3 Å². The molecule has 29 heavy (non-hydrogen) atoms. The number of hydrogen-bond donors (Lipinski definition) is 1. The van der Waals surface area contributed by atoms with Crippen molar-refractivity contribution in [2.24, 2.45) is 5.92 Å². The maximum Gasteiger partial charge on any atom is 0.194 e. The summed E-state index contributed by atoms with van der Waals surface area (Å²) in [7, 11) is -3.48. The molecule has 0 fully saturated rings. The number of aromatic nitrogens is 2. The Morgan fingerprint density at radius 3 is 2.72 bits per heavy atom. The van der Waals surface area contributed by atoms with E-state index in [0.29, 0.717) is 24.5 Å². The fraction of sp³-hybridized carbons (Fsp3) is 0.286. The highest BCUT2D eigenvalue weighted by atomic mass is 35.5. The number of fused-ring (bicyclic) bond motifs is 1. The molecule has 0 bridgehead atoms. The Morgan fingerprint density at radius 1 is 1.28 bits per heavy atom. The van der Waals surface area contributed by atoms with Gasteiger partial charge in [-0.25, -0.2) is 17.8 Å². The first kappa shape index (κ1) is 19.9. The molecule has 2 aromatic carbocycles. The summed E-state index contributed by atoms with van der Waals surface area (Å²) in [6, 6.07) is 12.3. The minimum Gasteiger partial charge on any atom is -0.493 e. The number of para-hydroxylation sites is 1. The van der Waals surface area contributed by atoms with Crippen molar-refractivity contribution in [3.63, 3.8) is 0 Å². The van der Waals surface area contributed by atoms with E-state index in [-0.39, 0.29) is 21.9 Å². The van der Waals surface area contributed by atoms with E-state index < -0.39 is 15.7 Å². The van der Waals surface area contributed by atoms with Crippen LogP contribution in [0.5, 0.6) is 5.75 Å². The third-order valence-electron chi connectivity index (χ3n) is 5.19. The van der Waals surface area contributed by atoms with Crippen molar-refractivity contribution in [2.45, 2.75) is 24.3 Å². The molecule has 0 spiro atoms. The van der Waals surface area contributed by atoms with Crippen molar-refractivity contribution in [2.75, 3.05) is 12.9 Å². The van der Waals surface area contributed by atoms with Crippen LogP contribution in [0.2, 0.25) is 5.02 Å². The van der Waals surface area contributed by atoms with Gasteiger partial charge in [-0.05, 0) is 42.7 Å². The highest BCUT2D eigenvalue weighted by molar-refractivity contribution is 7.90. The van der Waals surface area contributed by atoms with Gasteiger partial charge >= 0.3 is 0 Å². The molecule has 5 nitrogen and oxygen atoms in total. The van der Waals surface area contributed by atoms with Crippen LogP contribution in [0.25, 0.3) is 0 Å². The molecule has 2 heterocycles. The van der Waals surface area contributed by atoms with Crippen molar-refractivity contribution in [3.05, 3.63) is 75.9 Å². The van der Waals surface area contributed by atoms with E-state index in [9.17, 15) is 12.8 Å². The van der Waals surface area contributed by atoms with Gasteiger partial charge in [0.1, 0.15) is 17.4 Å². The number of sulfone groups is 1. The molecule has 2 atom stereocenters. The number of nitrogens with one attached hydrogen (secondary N) is 1. The number of aromatic amines is 1. The molecule has 1 N–H and O–H groups in total. The zero-order valence-corrected chi connectivity index (χ0v) is 17.5. The van der Waals surface area contributed by atoms with Gasteiger partial charge in [0.15, 0.2) is 14.9 Å². The smallest absolute Gasteiger partial charge is 0.194 e. The monoisotopic (exact) mass is 434 g/mol. The molecule has 1 unspecified atom stereocenters. The van der Waals surface area contributed by atoms with Gasteiger partial charge in [0.2, 0.25) is 0 Å². The van der Waals surface area contributed by atoms with Gasteiger partial charge in [-0.15, -0.1) is 0 Å². The molecule has 3 aromatic rings. The van der Waals surface area contributed by atoms with Crippen LogP contribution in [-0.4, -0.2) is 31.2 Å². The number of hydrogen-bond acceptors (Lipinski definition) is 4.